The topological polar surface area (TPSA) is 67.8 Å². The third kappa shape index (κ3) is 5.19. The molecule has 0 atom stereocenters. The van der Waals surface area contributed by atoms with Crippen LogP contribution in [0, 0.1) is 18.6 Å². The van der Waals surface area contributed by atoms with Crippen LogP contribution in [-0.2, 0) is 0 Å². The molecule has 0 radical (unpaired) electrons. The van der Waals surface area contributed by atoms with Gasteiger partial charge in [-0.2, -0.15) is 4.98 Å². The predicted octanol–water partition coefficient (Wildman–Crippen LogP) is 2.17. The van der Waals surface area contributed by atoms with Gasteiger partial charge >= 0.3 is 6.03 Å². The van der Waals surface area contributed by atoms with Crippen LogP contribution in [0.4, 0.5) is 31.0 Å². The van der Waals surface area contributed by atoms with Crippen molar-refractivity contribution in [1.29, 1.82) is 0 Å². The molecule has 2 aliphatic rings. The summed E-state index contributed by atoms with van der Waals surface area (Å²) in [5.41, 5.74) is 1.01. The second kappa shape index (κ2) is 9.01. The standard InChI is InChI=1S/C21H27F2N7O/c1-15-11-19(28-5-3-27(2)4-6-28)26-20(24-15)29-7-9-30(10-8-29)21(31)25-18-13-16(22)12-17(23)14-18/h11-14H,3-10H2,1-2H3,(H,25,31). The summed E-state index contributed by atoms with van der Waals surface area (Å²) in [6.45, 7) is 7.92. The lowest BCUT2D eigenvalue weighted by molar-refractivity contribution is 0.208. The molecule has 2 aliphatic heterocycles. The van der Waals surface area contributed by atoms with Crippen LogP contribution in [0.3, 0.4) is 0 Å². The Bertz CT molecular complexity index is 921. The molecule has 2 aromatic rings. The first-order chi connectivity index (χ1) is 14.9. The second-order valence-corrected chi connectivity index (χ2v) is 8.02. The van der Waals surface area contributed by atoms with Gasteiger partial charge in [-0.05, 0) is 26.1 Å². The number of nitrogens with zero attached hydrogens (tertiary/aromatic N) is 6. The van der Waals surface area contributed by atoms with Crippen LogP contribution >= 0.6 is 0 Å². The third-order valence-electron chi connectivity index (χ3n) is 5.62. The molecular formula is C21H27F2N7O. The van der Waals surface area contributed by atoms with Crippen LogP contribution in [0.5, 0.6) is 0 Å². The Hall–Kier alpha value is -3.01. The number of amides is 2. The number of hydrogen-bond acceptors (Lipinski definition) is 6. The van der Waals surface area contributed by atoms with Gasteiger partial charge in [0.15, 0.2) is 0 Å². The zero-order valence-corrected chi connectivity index (χ0v) is 17.8. The summed E-state index contributed by atoms with van der Waals surface area (Å²) in [6.07, 6.45) is 0. The number of nitrogens with one attached hydrogen (secondary N) is 1. The van der Waals surface area contributed by atoms with E-state index < -0.39 is 11.6 Å². The fourth-order valence-corrected chi connectivity index (χ4v) is 3.81. The van der Waals surface area contributed by atoms with Crippen molar-refractivity contribution in [3.63, 3.8) is 0 Å². The average Bonchev–Trinajstić information content (AvgIpc) is 2.73. The maximum absolute atomic E-state index is 13.3. The molecular weight excluding hydrogens is 404 g/mol. The Morgan fingerprint density at radius 2 is 1.48 bits per heavy atom. The molecule has 10 heteroatoms. The fourth-order valence-electron chi connectivity index (χ4n) is 3.81. The van der Waals surface area contributed by atoms with E-state index in [0.717, 1.165) is 55.9 Å². The van der Waals surface area contributed by atoms with E-state index >= 15 is 0 Å². The van der Waals surface area contributed by atoms with Crippen molar-refractivity contribution < 1.29 is 13.6 Å². The van der Waals surface area contributed by atoms with Gasteiger partial charge in [-0.15, -0.1) is 0 Å². The van der Waals surface area contributed by atoms with Gasteiger partial charge in [0.25, 0.3) is 0 Å². The number of benzene rings is 1. The number of anilines is 3. The van der Waals surface area contributed by atoms with E-state index in [0.29, 0.717) is 32.1 Å². The molecule has 31 heavy (non-hydrogen) atoms. The Morgan fingerprint density at radius 3 is 2.13 bits per heavy atom. The first kappa shape index (κ1) is 21.2. The smallest absolute Gasteiger partial charge is 0.321 e. The number of carbonyl (C=O) groups is 1. The van der Waals surface area contributed by atoms with Crippen molar-refractivity contribution >= 4 is 23.5 Å². The zero-order chi connectivity index (χ0) is 22.0. The Kier molecular flexibility index (Phi) is 6.17. The quantitative estimate of drug-likeness (QED) is 0.804. The molecule has 0 unspecified atom stereocenters. The lowest BCUT2D eigenvalue weighted by Gasteiger charge is -2.36. The average molecular weight is 431 g/mol. The summed E-state index contributed by atoms with van der Waals surface area (Å²) in [7, 11) is 2.12. The molecule has 2 fully saturated rings. The summed E-state index contributed by atoms with van der Waals surface area (Å²) < 4.78 is 26.7. The van der Waals surface area contributed by atoms with E-state index in [9.17, 15) is 13.6 Å². The number of aromatic nitrogens is 2. The number of halogens is 2. The van der Waals surface area contributed by atoms with Gasteiger partial charge < -0.3 is 24.9 Å². The monoisotopic (exact) mass is 431 g/mol. The highest BCUT2D eigenvalue weighted by atomic mass is 19.1. The van der Waals surface area contributed by atoms with Gasteiger partial charge in [-0.25, -0.2) is 18.6 Å². The summed E-state index contributed by atoms with van der Waals surface area (Å²) in [5, 5.41) is 2.56. The minimum absolute atomic E-state index is 0.101. The molecule has 1 N–H and O–H groups in total. The van der Waals surface area contributed by atoms with E-state index in [1.54, 1.807) is 4.90 Å². The van der Waals surface area contributed by atoms with Gasteiger partial charge in [0.1, 0.15) is 17.5 Å². The van der Waals surface area contributed by atoms with Crippen LogP contribution in [0.15, 0.2) is 24.3 Å². The van der Waals surface area contributed by atoms with Gasteiger partial charge in [-0.1, -0.05) is 0 Å². The summed E-state index contributed by atoms with van der Waals surface area (Å²) in [6, 6.07) is 4.59. The normalized spacial score (nSPS) is 17.7. The molecule has 2 saturated heterocycles. The Labute approximate surface area is 180 Å². The Balaban J connectivity index is 1.37. The van der Waals surface area contributed by atoms with Crippen molar-refractivity contribution in [1.82, 2.24) is 19.8 Å². The molecule has 3 heterocycles. The van der Waals surface area contributed by atoms with Gasteiger partial charge in [0.2, 0.25) is 5.95 Å². The molecule has 0 bridgehead atoms. The largest absolute Gasteiger partial charge is 0.354 e. The molecule has 166 valence electrons. The first-order valence-electron chi connectivity index (χ1n) is 10.4. The molecule has 8 nitrogen and oxygen atoms in total. The van der Waals surface area contributed by atoms with Crippen LogP contribution in [0.2, 0.25) is 0 Å². The van der Waals surface area contributed by atoms with Gasteiger partial charge in [0, 0.05) is 75.9 Å². The van der Waals surface area contributed by atoms with E-state index in [2.05, 4.69) is 32.0 Å². The number of rotatable bonds is 3. The summed E-state index contributed by atoms with van der Waals surface area (Å²) >= 11 is 0. The number of likely N-dealkylation sites (N-methyl/N-ethyl adjacent to an activating group) is 1. The van der Waals surface area contributed by atoms with Crippen LogP contribution in [-0.4, -0.2) is 85.2 Å². The minimum atomic E-state index is -0.729. The lowest BCUT2D eigenvalue weighted by atomic mass is 10.3. The highest BCUT2D eigenvalue weighted by molar-refractivity contribution is 5.89. The van der Waals surface area contributed by atoms with Gasteiger partial charge in [-0.3, -0.25) is 0 Å². The van der Waals surface area contributed by atoms with Crippen LogP contribution in [0.25, 0.3) is 0 Å². The SMILES string of the molecule is Cc1cc(N2CCN(C)CC2)nc(N2CCN(C(=O)Nc3cc(F)cc(F)c3)CC2)n1. The van der Waals surface area contributed by atoms with Crippen LogP contribution in [0.1, 0.15) is 5.69 Å². The Morgan fingerprint density at radius 1 is 0.871 bits per heavy atom. The maximum Gasteiger partial charge on any atom is 0.321 e. The first-order valence-corrected chi connectivity index (χ1v) is 10.4. The summed E-state index contributed by atoms with van der Waals surface area (Å²) in [5.74, 6) is 0.144. The van der Waals surface area contributed by atoms with Crippen molar-refractivity contribution in [2.75, 3.05) is 74.5 Å². The second-order valence-electron chi connectivity index (χ2n) is 8.02. The predicted molar refractivity (Wildman–Crippen MR) is 116 cm³/mol. The molecule has 1 aromatic carbocycles. The lowest BCUT2D eigenvalue weighted by Crippen LogP contribution is -2.50. The zero-order valence-electron chi connectivity index (χ0n) is 17.8. The molecule has 4 rings (SSSR count). The highest BCUT2D eigenvalue weighted by Gasteiger charge is 2.24. The molecule has 0 spiro atoms. The number of piperazine rings is 2. The molecule has 2 amide bonds. The summed E-state index contributed by atoms with van der Waals surface area (Å²) in [4.78, 5) is 30.1. The molecule has 1 aromatic heterocycles. The molecule has 0 saturated carbocycles. The van der Waals surface area contributed by atoms with Crippen LogP contribution < -0.4 is 15.1 Å². The van der Waals surface area contributed by atoms with E-state index in [1.165, 1.54) is 0 Å². The van der Waals surface area contributed by atoms with Crippen molar-refractivity contribution in [3.8, 4) is 0 Å². The van der Waals surface area contributed by atoms with Crippen molar-refractivity contribution in [2.45, 2.75) is 6.92 Å². The minimum Gasteiger partial charge on any atom is -0.354 e. The number of urea groups is 1. The number of carbonyl (C=O) groups excluding carboxylic acids is 1. The van der Waals surface area contributed by atoms with Crippen molar-refractivity contribution in [2.24, 2.45) is 0 Å². The van der Waals surface area contributed by atoms with E-state index in [1.807, 2.05) is 13.0 Å². The highest BCUT2D eigenvalue weighted by Crippen LogP contribution is 2.20. The van der Waals surface area contributed by atoms with Crippen molar-refractivity contribution in [3.05, 3.63) is 41.6 Å². The number of aryl methyl sites for hydroxylation is 1. The fraction of sp³-hybridized carbons (Fsp3) is 0.476. The van der Waals surface area contributed by atoms with E-state index in [-0.39, 0.29) is 11.7 Å². The van der Waals surface area contributed by atoms with Gasteiger partial charge in [0.05, 0.1) is 0 Å². The number of hydrogen-bond donors (Lipinski definition) is 1. The third-order valence-corrected chi connectivity index (χ3v) is 5.62. The molecule has 0 aliphatic carbocycles. The maximum atomic E-state index is 13.3. The van der Waals surface area contributed by atoms with E-state index in [4.69, 9.17) is 4.98 Å².